The van der Waals surface area contributed by atoms with Crippen LogP contribution in [0.3, 0.4) is 0 Å². The standard InChI is InChI=1S/C37H65N3O14/c1-33(39-40-36(42)37(2,3)32-41)34-4-6-35(7-5-34)54-31-30-53-29-28-52-27-26-51-25-24-50-23-22-49-21-20-48-19-18-47-17-16-46-15-14-45-13-12-44-11-10-43-9-8-38/h4-7,32H,8-31,38H2,1-3H3,(H,40,42)/b39-33-. The number of ether oxygens (including phenoxy) is 12. The Bertz CT molecular complexity index is 1050. The van der Waals surface area contributed by atoms with Gasteiger partial charge in [-0.2, -0.15) is 5.10 Å². The van der Waals surface area contributed by atoms with Crippen molar-refractivity contribution in [3.05, 3.63) is 29.8 Å². The summed E-state index contributed by atoms with van der Waals surface area (Å²) in [6.45, 7) is 16.6. The van der Waals surface area contributed by atoms with E-state index in [0.717, 1.165) is 5.56 Å². The maximum Gasteiger partial charge on any atom is 0.252 e. The minimum absolute atomic E-state index is 0.391. The third-order valence-corrected chi connectivity index (χ3v) is 6.96. The molecule has 54 heavy (non-hydrogen) atoms. The normalized spacial score (nSPS) is 12.0. The van der Waals surface area contributed by atoms with Crippen molar-refractivity contribution >= 4 is 17.9 Å². The fraction of sp³-hybridized carbons (Fsp3) is 0.757. The third-order valence-electron chi connectivity index (χ3n) is 6.96. The van der Waals surface area contributed by atoms with Gasteiger partial charge in [0.25, 0.3) is 5.91 Å². The fourth-order valence-corrected chi connectivity index (χ4v) is 3.79. The van der Waals surface area contributed by atoms with E-state index in [9.17, 15) is 9.59 Å². The molecule has 0 radical (unpaired) electrons. The summed E-state index contributed by atoms with van der Waals surface area (Å²) < 4.78 is 65.6. The van der Waals surface area contributed by atoms with Gasteiger partial charge in [0, 0.05) is 6.54 Å². The molecule has 0 fully saturated rings. The molecule has 17 nitrogen and oxygen atoms in total. The van der Waals surface area contributed by atoms with Gasteiger partial charge >= 0.3 is 0 Å². The number of hydrogen-bond donors (Lipinski definition) is 2. The van der Waals surface area contributed by atoms with Crippen LogP contribution < -0.4 is 15.9 Å². The number of nitrogens with one attached hydrogen (secondary N) is 1. The van der Waals surface area contributed by atoms with Crippen molar-refractivity contribution in [2.45, 2.75) is 20.8 Å². The van der Waals surface area contributed by atoms with Gasteiger partial charge in [0.1, 0.15) is 24.1 Å². The van der Waals surface area contributed by atoms with E-state index in [1.807, 2.05) is 24.3 Å². The Morgan fingerprint density at radius 3 is 1.15 bits per heavy atom. The molecule has 0 saturated heterocycles. The van der Waals surface area contributed by atoms with Gasteiger partial charge in [-0.3, -0.25) is 4.79 Å². The van der Waals surface area contributed by atoms with Crippen molar-refractivity contribution in [3.8, 4) is 5.75 Å². The van der Waals surface area contributed by atoms with E-state index >= 15 is 0 Å². The number of rotatable bonds is 40. The zero-order chi connectivity index (χ0) is 39.2. The van der Waals surface area contributed by atoms with Gasteiger partial charge in [0.05, 0.1) is 151 Å². The first-order chi connectivity index (χ1) is 26.4. The van der Waals surface area contributed by atoms with Gasteiger partial charge in [-0.25, -0.2) is 5.43 Å². The van der Waals surface area contributed by atoms with Gasteiger partial charge in [-0.1, -0.05) is 0 Å². The Kier molecular flexibility index (Phi) is 32.9. The summed E-state index contributed by atoms with van der Waals surface area (Å²) in [7, 11) is 0. The number of nitrogens with zero attached hydrogens (tertiary/aromatic N) is 1. The van der Waals surface area contributed by atoms with E-state index in [4.69, 9.17) is 62.6 Å². The minimum Gasteiger partial charge on any atom is -0.491 e. The molecular weight excluding hydrogens is 710 g/mol. The zero-order valence-corrected chi connectivity index (χ0v) is 32.6. The topological polar surface area (TPSA) is 195 Å². The number of carbonyl (C=O) groups excluding carboxylic acids is 2. The Hall–Kier alpha value is -2.65. The molecule has 0 aromatic heterocycles. The van der Waals surface area contributed by atoms with Crippen LogP contribution in [0.15, 0.2) is 29.4 Å². The molecule has 312 valence electrons. The molecule has 0 aliphatic rings. The van der Waals surface area contributed by atoms with Crippen LogP contribution >= 0.6 is 0 Å². The second-order valence-corrected chi connectivity index (χ2v) is 11.9. The first-order valence-corrected chi connectivity index (χ1v) is 18.5. The molecule has 17 heteroatoms. The molecule has 0 bridgehead atoms. The second kappa shape index (κ2) is 36.0. The van der Waals surface area contributed by atoms with E-state index in [1.54, 1.807) is 6.92 Å². The van der Waals surface area contributed by atoms with Crippen LogP contribution in [0.4, 0.5) is 0 Å². The van der Waals surface area contributed by atoms with E-state index in [0.29, 0.717) is 176 Å². The molecule has 1 rings (SSSR count). The van der Waals surface area contributed by atoms with E-state index < -0.39 is 11.3 Å². The molecule has 1 amide bonds. The largest absolute Gasteiger partial charge is 0.491 e. The van der Waals surface area contributed by atoms with Gasteiger partial charge in [-0.05, 0) is 50.6 Å². The van der Waals surface area contributed by atoms with Crippen molar-refractivity contribution in [2.24, 2.45) is 16.3 Å². The van der Waals surface area contributed by atoms with Crippen LogP contribution in [0.2, 0.25) is 0 Å². The van der Waals surface area contributed by atoms with E-state index in [1.165, 1.54) is 13.8 Å². The van der Waals surface area contributed by atoms with Gasteiger partial charge < -0.3 is 67.4 Å². The van der Waals surface area contributed by atoms with Crippen LogP contribution in [0.25, 0.3) is 0 Å². The fourth-order valence-electron chi connectivity index (χ4n) is 3.79. The lowest BCUT2D eigenvalue weighted by atomic mass is 9.95. The molecule has 0 spiro atoms. The summed E-state index contributed by atoms with van der Waals surface area (Å²) in [6.07, 6.45) is 0.591. The Labute approximate surface area is 320 Å². The SMILES string of the molecule is C/C(=N/NC(=O)C(C)(C)C=O)c1ccc(OCCOCCOCCOCCOCCOCCOCCOCCOCCOCCOCCOCCN)cc1. The highest BCUT2D eigenvalue weighted by molar-refractivity contribution is 6.01. The summed E-state index contributed by atoms with van der Waals surface area (Å²) in [5.41, 5.74) is 8.04. The average Bonchev–Trinajstić information content (AvgIpc) is 3.18. The number of aldehydes is 1. The van der Waals surface area contributed by atoms with Crippen LogP contribution in [0, 0.1) is 5.41 Å². The minimum atomic E-state index is -1.14. The monoisotopic (exact) mass is 775 g/mol. The number of benzene rings is 1. The van der Waals surface area contributed by atoms with Crippen LogP contribution in [0.1, 0.15) is 26.3 Å². The zero-order valence-electron chi connectivity index (χ0n) is 32.6. The molecule has 0 heterocycles. The van der Waals surface area contributed by atoms with Crippen molar-refractivity contribution in [3.63, 3.8) is 0 Å². The highest BCUT2D eigenvalue weighted by atomic mass is 16.6. The van der Waals surface area contributed by atoms with Crippen molar-refractivity contribution in [1.29, 1.82) is 0 Å². The number of hydrazone groups is 1. The molecule has 0 unspecified atom stereocenters. The lowest BCUT2D eigenvalue weighted by Gasteiger charge is -2.14. The van der Waals surface area contributed by atoms with E-state index in [2.05, 4.69) is 10.5 Å². The summed E-state index contributed by atoms with van der Waals surface area (Å²) in [6, 6.07) is 7.30. The quantitative estimate of drug-likeness (QED) is 0.0318. The van der Waals surface area contributed by atoms with E-state index in [-0.39, 0.29) is 0 Å². The Balaban J connectivity index is 1.76. The Morgan fingerprint density at radius 2 is 0.852 bits per heavy atom. The molecule has 0 aliphatic carbocycles. The molecule has 0 aliphatic heterocycles. The van der Waals surface area contributed by atoms with Gasteiger partial charge in [0.2, 0.25) is 0 Å². The summed E-state index contributed by atoms with van der Waals surface area (Å²) >= 11 is 0. The number of amides is 1. The van der Waals surface area contributed by atoms with Crippen molar-refractivity contribution in [2.75, 3.05) is 159 Å². The molecular formula is C37H65N3O14. The molecule has 1 aromatic rings. The Morgan fingerprint density at radius 1 is 0.556 bits per heavy atom. The first-order valence-electron chi connectivity index (χ1n) is 18.5. The van der Waals surface area contributed by atoms with Gasteiger partial charge in [0.15, 0.2) is 0 Å². The second-order valence-electron chi connectivity index (χ2n) is 11.9. The van der Waals surface area contributed by atoms with Crippen LogP contribution in [-0.4, -0.2) is 176 Å². The van der Waals surface area contributed by atoms with Crippen molar-refractivity contribution in [1.82, 2.24) is 5.43 Å². The maximum atomic E-state index is 12.0. The number of hydrogen-bond acceptors (Lipinski definition) is 16. The summed E-state index contributed by atoms with van der Waals surface area (Å²) in [5, 5.41) is 4.07. The maximum absolute atomic E-state index is 12.0. The van der Waals surface area contributed by atoms with Crippen molar-refractivity contribution < 1.29 is 66.4 Å². The molecule has 1 aromatic carbocycles. The lowest BCUT2D eigenvalue weighted by Crippen LogP contribution is -2.35. The smallest absolute Gasteiger partial charge is 0.252 e. The average molecular weight is 776 g/mol. The molecule has 0 atom stereocenters. The third kappa shape index (κ3) is 29.7. The number of carbonyl (C=O) groups is 2. The molecule has 0 saturated carbocycles. The summed E-state index contributed by atoms with van der Waals surface area (Å²) in [4.78, 5) is 23.0. The number of nitrogens with two attached hydrogens (primary N) is 1. The molecule has 3 N–H and O–H groups in total. The predicted octanol–water partition coefficient (Wildman–Crippen LogP) is 1.27. The predicted molar refractivity (Wildman–Crippen MR) is 200 cm³/mol. The van der Waals surface area contributed by atoms with Gasteiger partial charge in [-0.15, -0.1) is 0 Å². The highest BCUT2D eigenvalue weighted by Gasteiger charge is 2.26. The lowest BCUT2D eigenvalue weighted by molar-refractivity contribution is -0.134. The first kappa shape index (κ1) is 49.4. The van der Waals surface area contributed by atoms with Crippen LogP contribution in [-0.2, 0) is 61.7 Å². The van der Waals surface area contributed by atoms with Crippen LogP contribution in [0.5, 0.6) is 5.75 Å². The highest BCUT2D eigenvalue weighted by Crippen LogP contribution is 2.14. The summed E-state index contributed by atoms with van der Waals surface area (Å²) in [5.74, 6) is 0.220.